The largest absolute Gasteiger partial charge is 0.345 e. The molecular formula is C13H19ClN2O. The number of benzene rings is 1. The lowest BCUT2D eigenvalue weighted by molar-refractivity contribution is 0.0827. The molecule has 1 aliphatic heterocycles. The van der Waals surface area contributed by atoms with Crippen molar-refractivity contribution < 1.29 is 4.79 Å². The van der Waals surface area contributed by atoms with Crippen molar-refractivity contribution in [2.24, 2.45) is 0 Å². The highest BCUT2D eigenvalue weighted by Crippen LogP contribution is 2.22. The van der Waals surface area contributed by atoms with E-state index in [1.54, 1.807) is 19.0 Å². The van der Waals surface area contributed by atoms with Crippen molar-refractivity contribution >= 4 is 18.3 Å². The first-order chi connectivity index (χ1) is 7.68. The molecule has 3 nitrogen and oxygen atoms in total. The monoisotopic (exact) mass is 254 g/mol. The van der Waals surface area contributed by atoms with Gasteiger partial charge in [-0.3, -0.25) is 4.79 Å². The van der Waals surface area contributed by atoms with E-state index in [4.69, 9.17) is 0 Å². The van der Waals surface area contributed by atoms with Crippen LogP contribution in [0.3, 0.4) is 0 Å². The minimum atomic E-state index is 0. The lowest BCUT2D eigenvalue weighted by atomic mass is 9.97. The Bertz CT molecular complexity index is 370. The number of hydrogen-bond donors (Lipinski definition) is 1. The van der Waals surface area contributed by atoms with Crippen LogP contribution in [0.2, 0.25) is 0 Å². The van der Waals surface area contributed by atoms with Crippen molar-refractivity contribution in [3.63, 3.8) is 0 Å². The van der Waals surface area contributed by atoms with Crippen molar-refractivity contribution in [3.05, 3.63) is 35.4 Å². The van der Waals surface area contributed by atoms with Gasteiger partial charge in [0.2, 0.25) is 0 Å². The third-order valence-electron chi connectivity index (χ3n) is 3.10. The van der Waals surface area contributed by atoms with Crippen molar-refractivity contribution in [2.75, 3.05) is 27.2 Å². The molecular weight excluding hydrogens is 236 g/mol. The first kappa shape index (κ1) is 14.0. The number of carbonyl (C=O) groups excluding carboxylic acids is 1. The highest BCUT2D eigenvalue weighted by Gasteiger charge is 2.16. The normalized spacial score (nSPS) is 18.6. The van der Waals surface area contributed by atoms with E-state index in [2.05, 4.69) is 17.4 Å². The fraction of sp³-hybridized carbons (Fsp3) is 0.462. The molecule has 1 aromatic carbocycles. The predicted molar refractivity (Wildman–Crippen MR) is 71.9 cm³/mol. The summed E-state index contributed by atoms with van der Waals surface area (Å²) in [6, 6.07) is 8.01. The summed E-state index contributed by atoms with van der Waals surface area (Å²) in [5, 5.41) is 3.35. The highest BCUT2D eigenvalue weighted by molar-refractivity contribution is 5.93. The Morgan fingerprint density at radius 2 is 1.94 bits per heavy atom. The van der Waals surface area contributed by atoms with Crippen LogP contribution in [0, 0.1) is 0 Å². The third kappa shape index (κ3) is 3.20. The van der Waals surface area contributed by atoms with Crippen LogP contribution in [0.5, 0.6) is 0 Å². The number of nitrogens with zero attached hydrogens (tertiary/aromatic N) is 1. The number of hydrogen-bond acceptors (Lipinski definition) is 2. The zero-order valence-corrected chi connectivity index (χ0v) is 11.1. The van der Waals surface area contributed by atoms with E-state index in [1.165, 1.54) is 12.0 Å². The smallest absolute Gasteiger partial charge is 0.253 e. The summed E-state index contributed by atoms with van der Waals surface area (Å²) in [5.74, 6) is 0.680. The standard InChI is InChI=1S/C13H18N2O.ClH/c1-15(2)13(16)11-5-3-10(4-6-11)12-7-8-14-9-12;/h3-6,12,14H,7-9H2,1-2H3;1H. The number of halogens is 1. The molecule has 4 heteroatoms. The molecule has 17 heavy (non-hydrogen) atoms. The molecule has 0 aliphatic carbocycles. The second-order valence-electron chi connectivity index (χ2n) is 4.51. The van der Waals surface area contributed by atoms with Gasteiger partial charge in [-0.15, -0.1) is 12.4 Å². The summed E-state index contributed by atoms with van der Waals surface area (Å²) >= 11 is 0. The molecule has 1 unspecified atom stereocenters. The molecule has 94 valence electrons. The first-order valence-corrected chi connectivity index (χ1v) is 5.71. The topological polar surface area (TPSA) is 32.3 Å². The molecule has 1 atom stereocenters. The van der Waals surface area contributed by atoms with Gasteiger partial charge in [-0.2, -0.15) is 0 Å². The summed E-state index contributed by atoms with van der Waals surface area (Å²) < 4.78 is 0. The van der Waals surface area contributed by atoms with E-state index in [9.17, 15) is 4.79 Å². The molecule has 1 heterocycles. The maximum atomic E-state index is 11.7. The molecule has 0 aromatic heterocycles. The quantitative estimate of drug-likeness (QED) is 0.874. The van der Waals surface area contributed by atoms with E-state index in [1.807, 2.05) is 12.1 Å². The summed E-state index contributed by atoms with van der Waals surface area (Å²) in [5.41, 5.74) is 2.10. The molecule has 1 saturated heterocycles. The van der Waals surface area contributed by atoms with E-state index >= 15 is 0 Å². The van der Waals surface area contributed by atoms with Gasteiger partial charge in [0.15, 0.2) is 0 Å². The van der Waals surface area contributed by atoms with Gasteiger partial charge < -0.3 is 10.2 Å². The van der Waals surface area contributed by atoms with Gasteiger partial charge in [0.1, 0.15) is 0 Å². The number of rotatable bonds is 2. The molecule has 0 spiro atoms. The maximum absolute atomic E-state index is 11.7. The fourth-order valence-electron chi connectivity index (χ4n) is 2.10. The maximum Gasteiger partial charge on any atom is 0.253 e. The van der Waals surface area contributed by atoms with E-state index in [-0.39, 0.29) is 18.3 Å². The van der Waals surface area contributed by atoms with Crippen LogP contribution in [0.1, 0.15) is 28.3 Å². The first-order valence-electron chi connectivity index (χ1n) is 5.71. The second kappa shape index (κ2) is 6.03. The molecule has 2 rings (SSSR count). The van der Waals surface area contributed by atoms with Gasteiger partial charge in [-0.1, -0.05) is 12.1 Å². The molecule has 1 N–H and O–H groups in total. The Hall–Kier alpha value is -1.06. The second-order valence-corrected chi connectivity index (χ2v) is 4.51. The van der Waals surface area contributed by atoms with Gasteiger partial charge >= 0.3 is 0 Å². The Morgan fingerprint density at radius 1 is 1.29 bits per heavy atom. The lowest BCUT2D eigenvalue weighted by Gasteiger charge is -2.12. The molecule has 0 saturated carbocycles. The molecule has 0 bridgehead atoms. The van der Waals surface area contributed by atoms with Gasteiger partial charge in [0.05, 0.1) is 0 Å². The van der Waals surface area contributed by atoms with E-state index < -0.39 is 0 Å². The average Bonchev–Trinajstić information content (AvgIpc) is 2.81. The minimum absolute atomic E-state index is 0. The third-order valence-corrected chi connectivity index (χ3v) is 3.10. The van der Waals surface area contributed by atoms with Gasteiger partial charge in [-0.05, 0) is 36.6 Å². The average molecular weight is 255 g/mol. The molecule has 1 aromatic rings. The summed E-state index contributed by atoms with van der Waals surface area (Å²) in [7, 11) is 3.55. The van der Waals surface area contributed by atoms with E-state index in [0.717, 1.165) is 18.7 Å². The Labute approximate surface area is 109 Å². The summed E-state index contributed by atoms with van der Waals surface area (Å²) in [6.45, 7) is 2.16. The number of nitrogens with one attached hydrogen (secondary N) is 1. The zero-order valence-electron chi connectivity index (χ0n) is 10.3. The summed E-state index contributed by atoms with van der Waals surface area (Å²) in [4.78, 5) is 13.3. The van der Waals surface area contributed by atoms with Crippen LogP contribution < -0.4 is 5.32 Å². The minimum Gasteiger partial charge on any atom is -0.345 e. The van der Waals surface area contributed by atoms with E-state index in [0.29, 0.717) is 5.92 Å². The zero-order chi connectivity index (χ0) is 11.5. The van der Waals surface area contributed by atoms with Crippen molar-refractivity contribution in [2.45, 2.75) is 12.3 Å². The Balaban J connectivity index is 0.00000144. The van der Waals surface area contributed by atoms with Crippen LogP contribution in [-0.4, -0.2) is 38.0 Å². The summed E-state index contributed by atoms with van der Waals surface area (Å²) in [6.07, 6.45) is 1.20. The SMILES string of the molecule is CN(C)C(=O)c1ccc(C2CCNC2)cc1.Cl. The van der Waals surface area contributed by atoms with Gasteiger partial charge in [0.25, 0.3) is 5.91 Å². The van der Waals surface area contributed by atoms with Crippen LogP contribution >= 0.6 is 12.4 Å². The van der Waals surface area contributed by atoms with Crippen LogP contribution in [-0.2, 0) is 0 Å². The molecule has 0 radical (unpaired) electrons. The predicted octanol–water partition coefficient (Wildman–Crippen LogP) is 1.89. The molecule has 1 fully saturated rings. The van der Waals surface area contributed by atoms with Crippen LogP contribution in [0.25, 0.3) is 0 Å². The Morgan fingerprint density at radius 3 is 2.41 bits per heavy atom. The van der Waals surface area contributed by atoms with Crippen LogP contribution in [0.4, 0.5) is 0 Å². The van der Waals surface area contributed by atoms with Crippen molar-refractivity contribution in [3.8, 4) is 0 Å². The fourth-order valence-corrected chi connectivity index (χ4v) is 2.10. The molecule has 1 aliphatic rings. The molecule has 1 amide bonds. The van der Waals surface area contributed by atoms with Gasteiger partial charge in [-0.25, -0.2) is 0 Å². The highest BCUT2D eigenvalue weighted by atomic mass is 35.5. The van der Waals surface area contributed by atoms with Crippen LogP contribution in [0.15, 0.2) is 24.3 Å². The van der Waals surface area contributed by atoms with Gasteiger partial charge in [0, 0.05) is 26.2 Å². The van der Waals surface area contributed by atoms with Crippen molar-refractivity contribution in [1.29, 1.82) is 0 Å². The number of amides is 1. The Kier molecular flexibility index (Phi) is 4.97. The lowest BCUT2D eigenvalue weighted by Crippen LogP contribution is -2.21. The van der Waals surface area contributed by atoms with Crippen molar-refractivity contribution in [1.82, 2.24) is 10.2 Å². The number of carbonyl (C=O) groups is 1.